The molecule has 1 aliphatic heterocycles. The highest BCUT2D eigenvalue weighted by atomic mass is 16.2. The van der Waals surface area contributed by atoms with E-state index < -0.39 is 0 Å². The van der Waals surface area contributed by atoms with E-state index in [1.54, 1.807) is 0 Å². The molecule has 2 fully saturated rings. The highest BCUT2D eigenvalue weighted by Crippen LogP contribution is 2.23. The maximum absolute atomic E-state index is 12.5. The molecule has 0 N–H and O–H groups in total. The molecule has 1 saturated heterocycles. The van der Waals surface area contributed by atoms with E-state index >= 15 is 0 Å². The van der Waals surface area contributed by atoms with Gasteiger partial charge in [-0.05, 0) is 44.2 Å². The van der Waals surface area contributed by atoms with Crippen molar-refractivity contribution in [2.24, 2.45) is 0 Å². The van der Waals surface area contributed by atoms with Crippen molar-refractivity contribution in [2.45, 2.75) is 57.4 Å². The van der Waals surface area contributed by atoms with Crippen molar-refractivity contribution in [1.29, 1.82) is 0 Å². The van der Waals surface area contributed by atoms with E-state index in [4.69, 9.17) is 0 Å². The first-order chi connectivity index (χ1) is 10.8. The molecule has 2 aliphatic rings. The van der Waals surface area contributed by atoms with Crippen molar-refractivity contribution in [3.05, 3.63) is 17.8 Å². The van der Waals surface area contributed by atoms with Gasteiger partial charge in [0, 0.05) is 26.2 Å². The zero-order chi connectivity index (χ0) is 15.4. The highest BCUT2D eigenvalue weighted by molar-refractivity contribution is 5.92. The summed E-state index contributed by atoms with van der Waals surface area (Å²) in [5.41, 5.74) is 0.467. The van der Waals surface area contributed by atoms with Crippen LogP contribution in [0.3, 0.4) is 0 Å². The predicted octanol–water partition coefficient (Wildman–Crippen LogP) is 2.87. The number of hydrogen-bond acceptors (Lipinski definition) is 4. The van der Waals surface area contributed by atoms with Crippen LogP contribution < -0.4 is 4.90 Å². The van der Waals surface area contributed by atoms with Crippen LogP contribution in [0.2, 0.25) is 0 Å². The maximum Gasteiger partial charge on any atom is 0.274 e. The van der Waals surface area contributed by atoms with Crippen LogP contribution in [0, 0.1) is 0 Å². The summed E-state index contributed by atoms with van der Waals surface area (Å²) < 4.78 is 0. The summed E-state index contributed by atoms with van der Waals surface area (Å²) in [6.07, 6.45) is 9.70. The number of aromatic nitrogens is 2. The lowest BCUT2D eigenvalue weighted by Gasteiger charge is -2.31. The van der Waals surface area contributed by atoms with Crippen LogP contribution in [0.4, 0.5) is 5.82 Å². The Morgan fingerprint density at radius 2 is 1.73 bits per heavy atom. The van der Waals surface area contributed by atoms with Crippen LogP contribution in [0.1, 0.15) is 61.9 Å². The van der Waals surface area contributed by atoms with Crippen molar-refractivity contribution >= 4 is 11.7 Å². The van der Waals surface area contributed by atoms with Gasteiger partial charge in [-0.1, -0.05) is 19.3 Å². The minimum Gasteiger partial charge on any atom is -0.355 e. The molecule has 1 amide bonds. The molecule has 1 aromatic rings. The largest absolute Gasteiger partial charge is 0.355 e. The summed E-state index contributed by atoms with van der Waals surface area (Å²) in [7, 11) is 1.90. The Morgan fingerprint density at radius 3 is 2.36 bits per heavy atom. The van der Waals surface area contributed by atoms with E-state index in [1.165, 1.54) is 38.5 Å². The molecule has 3 rings (SSSR count). The smallest absolute Gasteiger partial charge is 0.274 e. The number of carbonyl (C=O) groups is 1. The fraction of sp³-hybridized carbons (Fsp3) is 0.706. The third-order valence-corrected chi connectivity index (χ3v) is 4.99. The first kappa shape index (κ1) is 15.3. The molecule has 120 valence electrons. The number of carbonyl (C=O) groups excluding carboxylic acids is 1. The van der Waals surface area contributed by atoms with E-state index in [9.17, 15) is 4.79 Å². The minimum atomic E-state index is 0.00425. The van der Waals surface area contributed by atoms with Gasteiger partial charge in [0.25, 0.3) is 5.91 Å². The van der Waals surface area contributed by atoms with Gasteiger partial charge in [0.15, 0.2) is 11.5 Å². The molecule has 5 heteroatoms. The molecular weight excluding hydrogens is 276 g/mol. The second-order valence-corrected chi connectivity index (χ2v) is 6.53. The van der Waals surface area contributed by atoms with Gasteiger partial charge in [-0.25, -0.2) is 0 Å². The summed E-state index contributed by atoms with van der Waals surface area (Å²) >= 11 is 0. The van der Waals surface area contributed by atoms with E-state index in [0.717, 1.165) is 31.7 Å². The lowest BCUT2D eigenvalue weighted by atomic mass is 9.94. The lowest BCUT2D eigenvalue weighted by molar-refractivity contribution is 0.0689. The zero-order valence-corrected chi connectivity index (χ0v) is 13.5. The average molecular weight is 302 g/mol. The summed E-state index contributed by atoms with van der Waals surface area (Å²) in [6.45, 7) is 2.09. The molecule has 0 spiro atoms. The predicted molar refractivity (Wildman–Crippen MR) is 87.1 cm³/mol. The van der Waals surface area contributed by atoms with Crippen molar-refractivity contribution in [3.63, 3.8) is 0 Å². The molecule has 0 unspecified atom stereocenters. The summed E-state index contributed by atoms with van der Waals surface area (Å²) in [5, 5.41) is 8.47. The molecule has 0 radical (unpaired) electrons. The van der Waals surface area contributed by atoms with Crippen LogP contribution in [0.5, 0.6) is 0 Å². The number of nitrogens with zero attached hydrogens (tertiary/aromatic N) is 4. The van der Waals surface area contributed by atoms with Gasteiger partial charge in [-0.2, -0.15) is 0 Å². The van der Waals surface area contributed by atoms with Gasteiger partial charge in [-0.15, -0.1) is 10.2 Å². The highest BCUT2D eigenvalue weighted by Gasteiger charge is 2.24. The number of hydrogen-bond donors (Lipinski definition) is 0. The van der Waals surface area contributed by atoms with Gasteiger partial charge in [0.2, 0.25) is 0 Å². The Balaban J connectivity index is 1.64. The van der Waals surface area contributed by atoms with E-state index in [0.29, 0.717) is 11.7 Å². The van der Waals surface area contributed by atoms with Gasteiger partial charge in [-0.3, -0.25) is 4.79 Å². The number of piperidine rings is 1. The van der Waals surface area contributed by atoms with Crippen LogP contribution in [0.25, 0.3) is 0 Å². The zero-order valence-electron chi connectivity index (χ0n) is 13.5. The first-order valence-electron chi connectivity index (χ1n) is 8.61. The van der Waals surface area contributed by atoms with Crippen molar-refractivity contribution in [3.8, 4) is 0 Å². The second kappa shape index (κ2) is 7.07. The Labute approximate surface area is 132 Å². The maximum atomic E-state index is 12.5. The Bertz CT molecular complexity index is 490. The molecule has 1 aromatic heterocycles. The van der Waals surface area contributed by atoms with Crippen molar-refractivity contribution in [1.82, 2.24) is 15.1 Å². The number of rotatable bonds is 3. The minimum absolute atomic E-state index is 0.00425. The molecule has 0 bridgehead atoms. The topological polar surface area (TPSA) is 49.3 Å². The molecular formula is C17H26N4O. The van der Waals surface area contributed by atoms with Crippen LogP contribution >= 0.6 is 0 Å². The molecule has 1 aliphatic carbocycles. The first-order valence-corrected chi connectivity index (χ1v) is 8.61. The normalized spacial score (nSPS) is 20.0. The van der Waals surface area contributed by atoms with Gasteiger partial charge < -0.3 is 9.80 Å². The molecule has 0 aromatic carbocycles. The number of anilines is 1. The summed E-state index contributed by atoms with van der Waals surface area (Å²) in [4.78, 5) is 16.7. The van der Waals surface area contributed by atoms with Crippen LogP contribution in [0.15, 0.2) is 12.1 Å². The van der Waals surface area contributed by atoms with Crippen LogP contribution in [-0.2, 0) is 0 Å². The van der Waals surface area contributed by atoms with Gasteiger partial charge in [0.1, 0.15) is 0 Å². The fourth-order valence-corrected chi connectivity index (χ4v) is 3.55. The quantitative estimate of drug-likeness (QED) is 0.861. The van der Waals surface area contributed by atoms with Gasteiger partial charge in [0.05, 0.1) is 0 Å². The molecule has 2 heterocycles. The Kier molecular flexibility index (Phi) is 4.90. The molecule has 5 nitrogen and oxygen atoms in total. The average Bonchev–Trinajstić information content (AvgIpc) is 2.62. The monoisotopic (exact) mass is 302 g/mol. The van der Waals surface area contributed by atoms with E-state index in [2.05, 4.69) is 15.1 Å². The lowest BCUT2D eigenvalue weighted by Crippen LogP contribution is -2.38. The second-order valence-electron chi connectivity index (χ2n) is 6.53. The SMILES string of the molecule is CN(C(=O)c1ccc(N2CCCCC2)nn1)C1CCCCC1. The Morgan fingerprint density at radius 1 is 1.05 bits per heavy atom. The van der Waals surface area contributed by atoms with Crippen molar-refractivity contribution in [2.75, 3.05) is 25.0 Å². The third-order valence-electron chi connectivity index (χ3n) is 4.99. The standard InChI is InChI=1S/C17H26N4O/c1-20(14-8-4-2-5-9-14)17(22)15-10-11-16(19-18-15)21-12-6-3-7-13-21/h10-11,14H,2-9,12-13H2,1H3. The molecule has 0 atom stereocenters. The molecule has 22 heavy (non-hydrogen) atoms. The van der Waals surface area contributed by atoms with Gasteiger partial charge >= 0.3 is 0 Å². The number of amides is 1. The fourth-order valence-electron chi connectivity index (χ4n) is 3.55. The Hall–Kier alpha value is -1.65. The summed E-state index contributed by atoms with van der Waals surface area (Å²) in [5.74, 6) is 0.904. The molecule has 1 saturated carbocycles. The van der Waals surface area contributed by atoms with Crippen LogP contribution in [-0.4, -0.2) is 47.2 Å². The summed E-state index contributed by atoms with van der Waals surface area (Å²) in [6, 6.07) is 4.14. The van der Waals surface area contributed by atoms with E-state index in [1.807, 2.05) is 24.1 Å². The third kappa shape index (κ3) is 3.39. The van der Waals surface area contributed by atoms with E-state index in [-0.39, 0.29) is 5.91 Å². The van der Waals surface area contributed by atoms with Crippen molar-refractivity contribution < 1.29 is 4.79 Å².